The second-order valence-corrected chi connectivity index (χ2v) is 4.22. The number of hydrogen-bond donors (Lipinski definition) is 3. The number of primary amides is 1. The summed E-state index contributed by atoms with van der Waals surface area (Å²) >= 11 is 0. The van der Waals surface area contributed by atoms with E-state index in [-0.39, 0.29) is 12.6 Å². The summed E-state index contributed by atoms with van der Waals surface area (Å²) in [6.07, 6.45) is 1.59. The summed E-state index contributed by atoms with van der Waals surface area (Å²) in [5.41, 5.74) is 11.6. The summed E-state index contributed by atoms with van der Waals surface area (Å²) in [6, 6.07) is -0.568. The fourth-order valence-electron chi connectivity index (χ4n) is 2.15. The van der Waals surface area contributed by atoms with E-state index in [0.29, 0.717) is 30.0 Å². The van der Waals surface area contributed by atoms with Crippen LogP contribution in [-0.4, -0.2) is 51.9 Å². The largest absolute Gasteiger partial charge is 0.377 e. The average Bonchev–Trinajstić information content (AvgIpc) is 2.85. The number of fused-ring (bicyclic) bond motifs is 1. The Morgan fingerprint density at radius 3 is 3.16 bits per heavy atom. The van der Waals surface area contributed by atoms with Crippen molar-refractivity contribution in [3.8, 4) is 0 Å². The second kappa shape index (κ2) is 4.35. The molecule has 19 heavy (non-hydrogen) atoms. The van der Waals surface area contributed by atoms with Crippen LogP contribution >= 0.6 is 0 Å². The minimum absolute atomic E-state index is 0.112. The third-order valence-corrected chi connectivity index (χ3v) is 3.04. The summed E-state index contributed by atoms with van der Waals surface area (Å²) < 4.78 is 5.28. The van der Waals surface area contributed by atoms with Gasteiger partial charge in [0.15, 0.2) is 5.65 Å². The van der Waals surface area contributed by atoms with Crippen molar-refractivity contribution in [3.63, 3.8) is 0 Å². The van der Waals surface area contributed by atoms with Crippen molar-refractivity contribution in [1.82, 2.24) is 20.2 Å². The Kier molecular flexibility index (Phi) is 2.67. The SMILES string of the molecule is NC(=O)C1COCCN1c1nc(N)nc2[nH]ncc12. The molecule has 9 heteroatoms. The number of morpholine rings is 1. The predicted octanol–water partition coefficient (Wildman–Crippen LogP) is -1.37. The summed E-state index contributed by atoms with van der Waals surface area (Å²) in [5, 5.41) is 7.34. The molecule has 100 valence electrons. The maximum absolute atomic E-state index is 11.5. The van der Waals surface area contributed by atoms with Gasteiger partial charge in [-0.1, -0.05) is 0 Å². The number of aromatic nitrogens is 4. The number of anilines is 2. The number of carbonyl (C=O) groups is 1. The van der Waals surface area contributed by atoms with E-state index in [9.17, 15) is 4.79 Å². The van der Waals surface area contributed by atoms with Crippen LogP contribution < -0.4 is 16.4 Å². The van der Waals surface area contributed by atoms with Gasteiger partial charge in [0.25, 0.3) is 0 Å². The highest BCUT2D eigenvalue weighted by atomic mass is 16.5. The Labute approximate surface area is 107 Å². The molecule has 0 spiro atoms. The molecule has 0 saturated carbocycles. The molecule has 0 aromatic carbocycles. The van der Waals surface area contributed by atoms with Crippen LogP contribution in [0.3, 0.4) is 0 Å². The molecule has 2 aromatic heterocycles. The topological polar surface area (TPSA) is 136 Å². The number of nitrogen functional groups attached to an aromatic ring is 1. The number of nitrogens with one attached hydrogen (secondary N) is 1. The first-order valence-corrected chi connectivity index (χ1v) is 5.77. The van der Waals surface area contributed by atoms with E-state index in [0.717, 1.165) is 0 Å². The number of aromatic amines is 1. The molecule has 3 rings (SSSR count). The third kappa shape index (κ3) is 1.93. The molecule has 1 atom stereocenters. The van der Waals surface area contributed by atoms with Crippen molar-refractivity contribution >= 4 is 28.7 Å². The lowest BCUT2D eigenvalue weighted by molar-refractivity contribution is -0.121. The van der Waals surface area contributed by atoms with E-state index in [1.165, 1.54) is 0 Å². The highest BCUT2D eigenvalue weighted by molar-refractivity contribution is 5.91. The standard InChI is InChI=1S/C10H13N7O2/c11-7(18)6-4-19-2-1-17(6)9-5-3-13-16-8(5)14-10(12)15-9/h3,6H,1-2,4H2,(H2,11,18)(H3,12,13,14,15,16). The lowest BCUT2D eigenvalue weighted by Crippen LogP contribution is -2.53. The summed E-state index contributed by atoms with van der Waals surface area (Å²) in [4.78, 5) is 21.5. The van der Waals surface area contributed by atoms with E-state index < -0.39 is 11.9 Å². The molecule has 1 unspecified atom stereocenters. The molecular weight excluding hydrogens is 250 g/mol. The van der Waals surface area contributed by atoms with Gasteiger partial charge in [0.05, 0.1) is 24.8 Å². The maximum Gasteiger partial charge on any atom is 0.242 e. The van der Waals surface area contributed by atoms with Crippen molar-refractivity contribution in [3.05, 3.63) is 6.20 Å². The van der Waals surface area contributed by atoms with Gasteiger partial charge in [-0.15, -0.1) is 0 Å². The Hall–Kier alpha value is -2.42. The first-order chi connectivity index (χ1) is 9.16. The van der Waals surface area contributed by atoms with E-state index in [4.69, 9.17) is 16.2 Å². The zero-order chi connectivity index (χ0) is 13.4. The van der Waals surface area contributed by atoms with Crippen LogP contribution in [-0.2, 0) is 9.53 Å². The van der Waals surface area contributed by atoms with Crippen molar-refractivity contribution < 1.29 is 9.53 Å². The van der Waals surface area contributed by atoms with Crippen LogP contribution in [0.5, 0.6) is 0 Å². The van der Waals surface area contributed by atoms with Crippen LogP contribution in [0.4, 0.5) is 11.8 Å². The number of nitrogens with zero attached hydrogens (tertiary/aromatic N) is 4. The van der Waals surface area contributed by atoms with Crippen molar-refractivity contribution in [2.75, 3.05) is 30.4 Å². The first kappa shape index (κ1) is 11.7. The minimum atomic E-state index is -0.568. The van der Waals surface area contributed by atoms with Crippen LogP contribution in [0.1, 0.15) is 0 Å². The van der Waals surface area contributed by atoms with Crippen LogP contribution in [0, 0.1) is 0 Å². The molecule has 0 bridgehead atoms. The van der Waals surface area contributed by atoms with Gasteiger partial charge < -0.3 is 21.1 Å². The lowest BCUT2D eigenvalue weighted by Gasteiger charge is -2.34. The number of rotatable bonds is 2. The number of amides is 1. The van der Waals surface area contributed by atoms with E-state index >= 15 is 0 Å². The predicted molar refractivity (Wildman–Crippen MR) is 67.2 cm³/mol. The average molecular weight is 263 g/mol. The molecule has 3 heterocycles. The molecule has 0 radical (unpaired) electrons. The third-order valence-electron chi connectivity index (χ3n) is 3.04. The normalized spacial score (nSPS) is 19.8. The zero-order valence-electron chi connectivity index (χ0n) is 10.0. The molecule has 1 fully saturated rings. The molecular formula is C10H13N7O2. The van der Waals surface area contributed by atoms with Gasteiger partial charge in [-0.05, 0) is 0 Å². The van der Waals surface area contributed by atoms with Gasteiger partial charge >= 0.3 is 0 Å². The highest BCUT2D eigenvalue weighted by Gasteiger charge is 2.30. The smallest absolute Gasteiger partial charge is 0.242 e. The van der Waals surface area contributed by atoms with Gasteiger partial charge in [0.2, 0.25) is 11.9 Å². The van der Waals surface area contributed by atoms with Gasteiger partial charge in [0, 0.05) is 6.54 Å². The fourth-order valence-corrected chi connectivity index (χ4v) is 2.15. The minimum Gasteiger partial charge on any atom is -0.377 e. The molecule has 1 aliphatic heterocycles. The van der Waals surface area contributed by atoms with Gasteiger partial charge in [-0.2, -0.15) is 15.1 Å². The lowest BCUT2D eigenvalue weighted by atomic mass is 10.2. The van der Waals surface area contributed by atoms with Crippen molar-refractivity contribution in [2.45, 2.75) is 6.04 Å². The molecule has 2 aromatic rings. The zero-order valence-corrected chi connectivity index (χ0v) is 10.0. The molecule has 1 aliphatic rings. The van der Waals surface area contributed by atoms with Crippen molar-refractivity contribution in [1.29, 1.82) is 0 Å². The van der Waals surface area contributed by atoms with E-state index in [2.05, 4.69) is 20.2 Å². The second-order valence-electron chi connectivity index (χ2n) is 4.22. The highest BCUT2D eigenvalue weighted by Crippen LogP contribution is 2.25. The fraction of sp³-hybridized carbons (Fsp3) is 0.400. The Morgan fingerprint density at radius 2 is 2.37 bits per heavy atom. The number of H-pyrrole nitrogens is 1. The quantitative estimate of drug-likeness (QED) is 0.607. The van der Waals surface area contributed by atoms with Crippen molar-refractivity contribution in [2.24, 2.45) is 5.73 Å². The molecule has 1 saturated heterocycles. The Bertz CT molecular complexity index is 625. The van der Waals surface area contributed by atoms with Gasteiger partial charge in [-0.25, -0.2) is 0 Å². The van der Waals surface area contributed by atoms with Gasteiger partial charge in [-0.3, -0.25) is 9.89 Å². The van der Waals surface area contributed by atoms with Crippen LogP contribution in [0.15, 0.2) is 6.20 Å². The molecule has 5 N–H and O–H groups in total. The maximum atomic E-state index is 11.5. The molecule has 0 aliphatic carbocycles. The monoisotopic (exact) mass is 263 g/mol. The molecule has 1 amide bonds. The first-order valence-electron chi connectivity index (χ1n) is 5.77. The number of nitrogens with two attached hydrogens (primary N) is 2. The summed E-state index contributed by atoms with van der Waals surface area (Å²) in [6.45, 7) is 1.23. The number of carbonyl (C=O) groups excluding carboxylic acids is 1. The van der Waals surface area contributed by atoms with E-state index in [1.807, 2.05) is 0 Å². The van der Waals surface area contributed by atoms with Crippen LogP contribution in [0.2, 0.25) is 0 Å². The number of hydrogen-bond acceptors (Lipinski definition) is 7. The summed E-state index contributed by atoms with van der Waals surface area (Å²) in [7, 11) is 0. The number of ether oxygens (including phenoxy) is 1. The van der Waals surface area contributed by atoms with Gasteiger partial charge in [0.1, 0.15) is 11.9 Å². The Balaban J connectivity index is 2.11. The van der Waals surface area contributed by atoms with E-state index in [1.54, 1.807) is 11.1 Å². The Morgan fingerprint density at radius 1 is 1.53 bits per heavy atom. The molecule has 9 nitrogen and oxygen atoms in total. The summed E-state index contributed by atoms with van der Waals surface area (Å²) in [5.74, 6) is 0.193. The van der Waals surface area contributed by atoms with Crippen LogP contribution in [0.25, 0.3) is 11.0 Å².